The van der Waals surface area contributed by atoms with Crippen molar-refractivity contribution in [3.63, 3.8) is 0 Å². The van der Waals surface area contributed by atoms with Gasteiger partial charge in [-0.1, -0.05) is 19.9 Å². The summed E-state index contributed by atoms with van der Waals surface area (Å²) < 4.78 is 11.5. The molecule has 1 N–H and O–H groups in total. The Balaban J connectivity index is 1.74. The number of anilines is 1. The van der Waals surface area contributed by atoms with E-state index in [2.05, 4.69) is 15.3 Å². The van der Waals surface area contributed by atoms with E-state index in [4.69, 9.17) is 9.47 Å². The van der Waals surface area contributed by atoms with Crippen LogP contribution in [0.25, 0.3) is 11.4 Å². The van der Waals surface area contributed by atoms with Crippen LogP contribution >= 0.6 is 11.3 Å². The molecule has 0 bridgehead atoms. The molecule has 0 fully saturated rings. The van der Waals surface area contributed by atoms with Gasteiger partial charge in [-0.15, -0.1) is 11.3 Å². The number of hydrogen-bond donors (Lipinski definition) is 1. The van der Waals surface area contributed by atoms with Crippen molar-refractivity contribution in [3.8, 4) is 22.9 Å². The molecular formula is C21H23N3O3S. The van der Waals surface area contributed by atoms with Crippen molar-refractivity contribution < 1.29 is 14.3 Å². The Bertz CT molecular complexity index is 912. The van der Waals surface area contributed by atoms with Gasteiger partial charge in [0.05, 0.1) is 18.9 Å². The predicted octanol–water partition coefficient (Wildman–Crippen LogP) is 5.04. The lowest BCUT2D eigenvalue weighted by molar-refractivity contribution is 0.102. The molecule has 3 aromatic rings. The topological polar surface area (TPSA) is 73.3 Å². The second-order valence-electron chi connectivity index (χ2n) is 6.07. The van der Waals surface area contributed by atoms with Crippen LogP contribution in [0.15, 0.2) is 48.0 Å². The van der Waals surface area contributed by atoms with E-state index < -0.39 is 0 Å². The fraction of sp³-hybridized carbons (Fsp3) is 0.286. The summed E-state index contributed by atoms with van der Waals surface area (Å²) in [5, 5.41) is 5.23. The summed E-state index contributed by atoms with van der Waals surface area (Å²) in [6.07, 6.45) is 3.49. The average molecular weight is 398 g/mol. The Hall–Kier alpha value is -2.93. The Kier molecular flexibility index (Phi) is 6.97. The molecule has 7 heteroatoms. The van der Waals surface area contributed by atoms with Crippen LogP contribution in [0.5, 0.6) is 11.5 Å². The van der Waals surface area contributed by atoms with Crippen molar-refractivity contribution in [2.24, 2.45) is 0 Å². The number of benzene rings is 1. The number of aromatic nitrogens is 2. The summed E-state index contributed by atoms with van der Waals surface area (Å²) in [6, 6.07) is 10.9. The van der Waals surface area contributed by atoms with Gasteiger partial charge in [-0.25, -0.2) is 4.98 Å². The van der Waals surface area contributed by atoms with Crippen LogP contribution in [0.1, 0.15) is 37.0 Å². The largest absolute Gasteiger partial charge is 0.490 e. The third-order valence-corrected chi connectivity index (χ3v) is 4.54. The van der Waals surface area contributed by atoms with Crippen molar-refractivity contribution in [1.29, 1.82) is 0 Å². The zero-order valence-corrected chi connectivity index (χ0v) is 16.8. The lowest BCUT2D eigenvalue weighted by Gasteiger charge is -2.13. The number of amides is 1. The van der Waals surface area contributed by atoms with Gasteiger partial charge in [-0.2, -0.15) is 0 Å². The highest BCUT2D eigenvalue weighted by molar-refractivity contribution is 7.14. The molecule has 1 amide bonds. The van der Waals surface area contributed by atoms with Crippen LogP contribution in [-0.4, -0.2) is 29.1 Å². The van der Waals surface area contributed by atoms with Gasteiger partial charge in [0.25, 0.3) is 5.91 Å². The molecule has 0 aliphatic rings. The third kappa shape index (κ3) is 5.07. The molecule has 0 saturated heterocycles. The third-order valence-electron chi connectivity index (χ3n) is 3.78. The molecule has 6 nitrogen and oxygen atoms in total. The van der Waals surface area contributed by atoms with E-state index in [-0.39, 0.29) is 5.91 Å². The molecule has 0 radical (unpaired) electrons. The number of hydrogen-bond acceptors (Lipinski definition) is 6. The molecule has 0 saturated carbocycles. The quantitative estimate of drug-likeness (QED) is 0.548. The number of pyridine rings is 1. The monoisotopic (exact) mass is 397 g/mol. The van der Waals surface area contributed by atoms with Gasteiger partial charge in [0.15, 0.2) is 16.6 Å². The lowest BCUT2D eigenvalue weighted by Crippen LogP contribution is -2.12. The first-order valence-electron chi connectivity index (χ1n) is 9.29. The van der Waals surface area contributed by atoms with Crippen molar-refractivity contribution >= 4 is 22.4 Å². The Morgan fingerprint density at radius 1 is 1.04 bits per heavy atom. The fourth-order valence-corrected chi connectivity index (χ4v) is 3.14. The molecule has 2 heterocycles. The van der Waals surface area contributed by atoms with Gasteiger partial charge in [0, 0.05) is 17.1 Å². The minimum atomic E-state index is -0.245. The Morgan fingerprint density at radius 3 is 2.54 bits per heavy atom. The van der Waals surface area contributed by atoms with Gasteiger partial charge in [0.2, 0.25) is 0 Å². The zero-order valence-electron chi connectivity index (χ0n) is 16.0. The zero-order chi connectivity index (χ0) is 19.8. The number of nitrogens with zero attached hydrogens (tertiary/aromatic N) is 2. The number of rotatable bonds is 9. The van der Waals surface area contributed by atoms with Crippen molar-refractivity contribution in [2.45, 2.75) is 26.7 Å². The SMILES string of the molecule is CCCOc1ccc(C(=O)Nc2nc(-c3ccccn3)cs2)cc1OCCC. The molecule has 1 aromatic carbocycles. The van der Waals surface area contributed by atoms with Crippen LogP contribution in [0, 0.1) is 0 Å². The van der Waals surface area contributed by atoms with Crippen molar-refractivity contribution in [1.82, 2.24) is 9.97 Å². The Morgan fingerprint density at radius 2 is 1.82 bits per heavy atom. The van der Waals surface area contributed by atoms with Gasteiger partial charge < -0.3 is 9.47 Å². The molecule has 0 spiro atoms. The fourth-order valence-electron chi connectivity index (χ4n) is 2.44. The van der Waals surface area contributed by atoms with Crippen LogP contribution < -0.4 is 14.8 Å². The predicted molar refractivity (Wildman–Crippen MR) is 111 cm³/mol. The number of ether oxygens (including phenoxy) is 2. The summed E-state index contributed by atoms with van der Waals surface area (Å²) in [5.41, 5.74) is 1.99. The maximum atomic E-state index is 12.7. The van der Waals surface area contributed by atoms with Gasteiger partial charge in [0.1, 0.15) is 5.69 Å². The van der Waals surface area contributed by atoms with Crippen LogP contribution in [0.2, 0.25) is 0 Å². The van der Waals surface area contributed by atoms with Gasteiger partial charge in [-0.05, 0) is 43.2 Å². The van der Waals surface area contributed by atoms with E-state index in [0.29, 0.717) is 35.4 Å². The van der Waals surface area contributed by atoms with E-state index in [9.17, 15) is 4.79 Å². The minimum Gasteiger partial charge on any atom is -0.490 e. The second-order valence-corrected chi connectivity index (χ2v) is 6.92. The lowest BCUT2D eigenvalue weighted by atomic mass is 10.2. The Labute approximate surface area is 168 Å². The molecule has 0 aliphatic heterocycles. The first-order valence-corrected chi connectivity index (χ1v) is 10.2. The average Bonchev–Trinajstić information content (AvgIpc) is 3.20. The van der Waals surface area contributed by atoms with Crippen LogP contribution in [0.3, 0.4) is 0 Å². The van der Waals surface area contributed by atoms with Gasteiger partial charge >= 0.3 is 0 Å². The molecule has 3 rings (SSSR count). The van der Waals surface area contributed by atoms with E-state index in [0.717, 1.165) is 24.2 Å². The number of carbonyl (C=O) groups excluding carboxylic acids is 1. The summed E-state index contributed by atoms with van der Waals surface area (Å²) in [4.78, 5) is 21.4. The van der Waals surface area contributed by atoms with Crippen LogP contribution in [-0.2, 0) is 0 Å². The maximum absolute atomic E-state index is 12.7. The highest BCUT2D eigenvalue weighted by atomic mass is 32.1. The highest BCUT2D eigenvalue weighted by Gasteiger charge is 2.14. The summed E-state index contributed by atoms with van der Waals surface area (Å²) >= 11 is 1.36. The molecular weight excluding hydrogens is 374 g/mol. The summed E-state index contributed by atoms with van der Waals surface area (Å²) in [6.45, 7) is 5.24. The number of carbonyl (C=O) groups is 1. The standard InChI is InChI=1S/C21H23N3O3S/c1-3-11-26-18-9-8-15(13-19(18)27-12-4-2)20(25)24-21-23-17(14-28-21)16-7-5-6-10-22-16/h5-10,13-14H,3-4,11-12H2,1-2H3,(H,23,24,25). The molecule has 146 valence electrons. The smallest absolute Gasteiger partial charge is 0.257 e. The second kappa shape index (κ2) is 9.85. The molecule has 2 aromatic heterocycles. The normalized spacial score (nSPS) is 10.5. The molecule has 0 atom stereocenters. The number of nitrogens with one attached hydrogen (secondary N) is 1. The van der Waals surface area contributed by atoms with Gasteiger partial charge in [-0.3, -0.25) is 15.1 Å². The minimum absolute atomic E-state index is 0.245. The summed E-state index contributed by atoms with van der Waals surface area (Å²) in [7, 11) is 0. The van der Waals surface area contributed by atoms with E-state index >= 15 is 0 Å². The first kappa shape index (κ1) is 19.8. The van der Waals surface area contributed by atoms with E-state index in [1.807, 2.05) is 37.4 Å². The van der Waals surface area contributed by atoms with Crippen molar-refractivity contribution in [2.75, 3.05) is 18.5 Å². The van der Waals surface area contributed by atoms with E-state index in [1.165, 1.54) is 11.3 Å². The highest BCUT2D eigenvalue weighted by Crippen LogP contribution is 2.30. The number of thiazole rings is 1. The molecule has 28 heavy (non-hydrogen) atoms. The van der Waals surface area contributed by atoms with Crippen LogP contribution in [0.4, 0.5) is 5.13 Å². The summed E-state index contributed by atoms with van der Waals surface area (Å²) in [5.74, 6) is 0.986. The maximum Gasteiger partial charge on any atom is 0.257 e. The molecule has 0 unspecified atom stereocenters. The van der Waals surface area contributed by atoms with Crippen molar-refractivity contribution in [3.05, 3.63) is 53.5 Å². The van der Waals surface area contributed by atoms with E-state index in [1.54, 1.807) is 24.4 Å². The molecule has 0 aliphatic carbocycles. The first-order chi connectivity index (χ1) is 13.7.